The van der Waals surface area contributed by atoms with E-state index in [0.29, 0.717) is 6.61 Å². The van der Waals surface area contributed by atoms with E-state index in [4.69, 9.17) is 20.4 Å². The molecule has 0 radical (unpaired) electrons. The third-order valence-corrected chi connectivity index (χ3v) is 4.36. The van der Waals surface area contributed by atoms with Gasteiger partial charge in [-0.05, 0) is 6.92 Å². The van der Waals surface area contributed by atoms with Gasteiger partial charge in [0.1, 0.15) is 6.10 Å². The number of morpholine rings is 1. The van der Waals surface area contributed by atoms with Gasteiger partial charge < -0.3 is 20.4 Å². The molecule has 106 valence electrons. The molecule has 1 aliphatic rings. The Kier molecular flexibility index (Phi) is 5.79. The number of rotatable bonds is 6. The van der Waals surface area contributed by atoms with Crippen molar-refractivity contribution in [1.29, 1.82) is 0 Å². The van der Waals surface area contributed by atoms with E-state index in [2.05, 4.69) is 5.16 Å². The summed E-state index contributed by atoms with van der Waals surface area (Å²) < 4.78 is 35.5. The smallest absolute Gasteiger partial charge is 0.216 e. The van der Waals surface area contributed by atoms with Gasteiger partial charge in [-0.3, -0.25) is 0 Å². The summed E-state index contributed by atoms with van der Waals surface area (Å²) in [5.41, 5.74) is 5.40. The van der Waals surface area contributed by atoms with Crippen LogP contribution in [0.25, 0.3) is 0 Å². The number of amidine groups is 1. The molecule has 1 aliphatic heterocycles. The SMILES string of the molecule is CCOCCS(=O)(=O)N1CCOC(C(N)=NO)C1. The van der Waals surface area contributed by atoms with E-state index in [9.17, 15) is 8.42 Å². The molecule has 0 aliphatic carbocycles. The van der Waals surface area contributed by atoms with Crippen LogP contribution in [0.2, 0.25) is 0 Å². The summed E-state index contributed by atoms with van der Waals surface area (Å²) in [6.07, 6.45) is -0.703. The average Bonchev–Trinajstić information content (AvgIpc) is 2.38. The predicted molar refractivity (Wildman–Crippen MR) is 65.0 cm³/mol. The summed E-state index contributed by atoms with van der Waals surface area (Å²) in [5.74, 6) is -0.205. The lowest BCUT2D eigenvalue weighted by molar-refractivity contribution is 0.0352. The summed E-state index contributed by atoms with van der Waals surface area (Å²) in [6, 6.07) is 0. The molecule has 0 saturated carbocycles. The Balaban J connectivity index is 2.60. The molecule has 0 amide bonds. The Labute approximate surface area is 106 Å². The van der Waals surface area contributed by atoms with Crippen LogP contribution in [0.4, 0.5) is 0 Å². The van der Waals surface area contributed by atoms with Crippen LogP contribution >= 0.6 is 0 Å². The van der Waals surface area contributed by atoms with Crippen LogP contribution in [0.1, 0.15) is 6.92 Å². The van der Waals surface area contributed by atoms with E-state index >= 15 is 0 Å². The van der Waals surface area contributed by atoms with Gasteiger partial charge in [-0.15, -0.1) is 0 Å². The molecule has 0 aromatic heterocycles. The number of nitrogens with zero attached hydrogens (tertiary/aromatic N) is 2. The number of hydrogen-bond donors (Lipinski definition) is 2. The van der Waals surface area contributed by atoms with Gasteiger partial charge in [0.2, 0.25) is 10.0 Å². The maximum Gasteiger partial charge on any atom is 0.216 e. The van der Waals surface area contributed by atoms with E-state index in [1.54, 1.807) is 6.92 Å². The second-order valence-corrected chi connectivity index (χ2v) is 5.84. The fraction of sp³-hybridized carbons (Fsp3) is 0.889. The van der Waals surface area contributed by atoms with E-state index < -0.39 is 16.1 Å². The van der Waals surface area contributed by atoms with Gasteiger partial charge in [0.25, 0.3) is 0 Å². The zero-order chi connectivity index (χ0) is 13.6. The van der Waals surface area contributed by atoms with E-state index in [-0.39, 0.29) is 37.9 Å². The van der Waals surface area contributed by atoms with Crippen molar-refractivity contribution in [1.82, 2.24) is 4.31 Å². The number of oxime groups is 1. The topological polar surface area (TPSA) is 114 Å². The van der Waals surface area contributed by atoms with Gasteiger partial charge >= 0.3 is 0 Å². The molecule has 3 N–H and O–H groups in total. The summed E-state index contributed by atoms with van der Waals surface area (Å²) in [5, 5.41) is 11.4. The van der Waals surface area contributed by atoms with Gasteiger partial charge in [-0.2, -0.15) is 4.31 Å². The summed E-state index contributed by atoms with van der Waals surface area (Å²) in [4.78, 5) is 0. The van der Waals surface area contributed by atoms with Gasteiger partial charge in [-0.1, -0.05) is 5.16 Å². The summed E-state index contributed by atoms with van der Waals surface area (Å²) in [6.45, 7) is 2.98. The van der Waals surface area contributed by atoms with E-state index in [1.165, 1.54) is 4.31 Å². The Morgan fingerprint density at radius 2 is 2.39 bits per heavy atom. The predicted octanol–water partition coefficient (Wildman–Crippen LogP) is -1.20. The maximum absolute atomic E-state index is 12.0. The highest BCUT2D eigenvalue weighted by Crippen LogP contribution is 2.11. The van der Waals surface area contributed by atoms with E-state index in [0.717, 1.165) is 0 Å². The molecule has 1 fully saturated rings. The fourth-order valence-electron chi connectivity index (χ4n) is 1.56. The molecule has 0 spiro atoms. The number of nitrogens with two attached hydrogens (primary N) is 1. The second kappa shape index (κ2) is 6.88. The quantitative estimate of drug-likeness (QED) is 0.208. The minimum Gasteiger partial charge on any atom is -0.409 e. The number of sulfonamides is 1. The molecule has 1 atom stereocenters. The summed E-state index contributed by atoms with van der Waals surface area (Å²) >= 11 is 0. The van der Waals surface area contributed by atoms with Crippen molar-refractivity contribution in [2.75, 3.05) is 38.7 Å². The molecule has 8 nitrogen and oxygen atoms in total. The van der Waals surface area contributed by atoms with Crippen LogP contribution in [0, 0.1) is 0 Å². The molecule has 0 aromatic carbocycles. The van der Waals surface area contributed by atoms with Crippen molar-refractivity contribution in [3.8, 4) is 0 Å². The normalized spacial score (nSPS) is 23.2. The Morgan fingerprint density at radius 1 is 1.67 bits per heavy atom. The lowest BCUT2D eigenvalue weighted by atomic mass is 10.3. The zero-order valence-corrected chi connectivity index (χ0v) is 11.1. The van der Waals surface area contributed by atoms with Crippen molar-refractivity contribution in [2.45, 2.75) is 13.0 Å². The zero-order valence-electron chi connectivity index (χ0n) is 10.3. The highest BCUT2D eigenvalue weighted by molar-refractivity contribution is 7.89. The lowest BCUT2D eigenvalue weighted by Gasteiger charge is -2.31. The molecule has 1 unspecified atom stereocenters. The van der Waals surface area contributed by atoms with Crippen molar-refractivity contribution in [3.63, 3.8) is 0 Å². The minimum absolute atomic E-state index is 0.0599. The van der Waals surface area contributed by atoms with Crippen molar-refractivity contribution < 1.29 is 23.1 Å². The number of ether oxygens (including phenoxy) is 2. The molecule has 1 rings (SSSR count). The van der Waals surface area contributed by atoms with Gasteiger partial charge in [0.05, 0.1) is 19.0 Å². The lowest BCUT2D eigenvalue weighted by Crippen LogP contribution is -2.51. The van der Waals surface area contributed by atoms with Gasteiger partial charge in [-0.25, -0.2) is 8.42 Å². The molecule has 18 heavy (non-hydrogen) atoms. The Bertz CT molecular complexity index is 384. The maximum atomic E-state index is 12.0. The molecular formula is C9H19N3O5S. The summed E-state index contributed by atoms with van der Waals surface area (Å²) in [7, 11) is -3.39. The van der Waals surface area contributed by atoms with Crippen LogP contribution < -0.4 is 5.73 Å². The highest BCUT2D eigenvalue weighted by Gasteiger charge is 2.31. The monoisotopic (exact) mass is 281 g/mol. The fourth-order valence-corrected chi connectivity index (χ4v) is 2.86. The Morgan fingerprint density at radius 3 is 3.00 bits per heavy atom. The van der Waals surface area contributed by atoms with Crippen LogP contribution in [0.5, 0.6) is 0 Å². The van der Waals surface area contributed by atoms with Crippen LogP contribution in [-0.2, 0) is 19.5 Å². The first-order valence-electron chi connectivity index (χ1n) is 5.66. The van der Waals surface area contributed by atoms with Crippen LogP contribution in [0.3, 0.4) is 0 Å². The third kappa shape index (κ3) is 4.09. The van der Waals surface area contributed by atoms with Crippen molar-refractivity contribution in [2.24, 2.45) is 10.9 Å². The first kappa shape index (κ1) is 15.2. The molecule has 9 heteroatoms. The van der Waals surface area contributed by atoms with Crippen molar-refractivity contribution in [3.05, 3.63) is 0 Å². The first-order valence-corrected chi connectivity index (χ1v) is 7.26. The molecular weight excluding hydrogens is 262 g/mol. The van der Waals surface area contributed by atoms with Gasteiger partial charge in [0, 0.05) is 19.7 Å². The van der Waals surface area contributed by atoms with Crippen molar-refractivity contribution >= 4 is 15.9 Å². The third-order valence-electron chi connectivity index (χ3n) is 2.56. The average molecular weight is 281 g/mol. The highest BCUT2D eigenvalue weighted by atomic mass is 32.2. The molecule has 1 heterocycles. The minimum atomic E-state index is -3.39. The first-order chi connectivity index (χ1) is 8.51. The molecule has 1 saturated heterocycles. The number of hydrogen-bond acceptors (Lipinski definition) is 6. The van der Waals surface area contributed by atoms with E-state index in [1.807, 2.05) is 0 Å². The Hall–Kier alpha value is -0.900. The van der Waals surface area contributed by atoms with Crippen LogP contribution in [0.15, 0.2) is 5.16 Å². The van der Waals surface area contributed by atoms with Gasteiger partial charge in [0.15, 0.2) is 5.84 Å². The molecule has 0 bridgehead atoms. The largest absolute Gasteiger partial charge is 0.409 e. The molecule has 0 aromatic rings. The standard InChI is InChI=1S/C9H19N3O5S/c1-2-16-5-6-18(14,15)12-3-4-17-8(7-12)9(10)11-13/h8,13H,2-7H2,1H3,(H2,10,11). The van der Waals surface area contributed by atoms with Crippen LogP contribution in [-0.4, -0.2) is 68.5 Å². The second-order valence-electron chi connectivity index (χ2n) is 3.76.